The molecular weight excluding hydrogens is 244 g/mol. The van der Waals surface area contributed by atoms with E-state index in [0.29, 0.717) is 22.2 Å². The summed E-state index contributed by atoms with van der Waals surface area (Å²) >= 11 is 7.51. The number of benzene rings is 1. The largest absolute Gasteiger partial charge is 0.434 e. The van der Waals surface area contributed by atoms with E-state index in [9.17, 15) is 0 Å². The number of hydrogen-bond acceptors (Lipinski definition) is 4. The third-order valence-electron chi connectivity index (χ3n) is 2.26. The van der Waals surface area contributed by atoms with Gasteiger partial charge >= 0.3 is 0 Å². The minimum absolute atomic E-state index is 0.524. The van der Waals surface area contributed by atoms with Crippen molar-refractivity contribution < 1.29 is 4.42 Å². The van der Waals surface area contributed by atoms with Crippen LogP contribution in [0.5, 0.6) is 0 Å². The molecule has 3 aromatic rings. The van der Waals surface area contributed by atoms with Crippen LogP contribution in [-0.2, 0) is 0 Å². The molecule has 0 bridgehead atoms. The van der Waals surface area contributed by atoms with Gasteiger partial charge in [-0.15, -0.1) is 11.3 Å². The summed E-state index contributed by atoms with van der Waals surface area (Å²) in [4.78, 5) is 5.20. The number of thiophene rings is 1. The zero-order chi connectivity index (χ0) is 11.1. The first-order valence-electron chi connectivity index (χ1n) is 4.64. The topological polar surface area (TPSA) is 52.0 Å². The molecule has 1 aromatic carbocycles. The van der Waals surface area contributed by atoms with Crippen molar-refractivity contribution in [2.75, 3.05) is 5.73 Å². The Morgan fingerprint density at radius 3 is 2.88 bits per heavy atom. The number of rotatable bonds is 1. The molecule has 3 rings (SSSR count). The maximum Gasteiger partial charge on any atom is 0.239 e. The number of nitrogens with zero attached hydrogens (tertiary/aromatic N) is 1. The van der Waals surface area contributed by atoms with Gasteiger partial charge in [0.1, 0.15) is 10.4 Å². The second-order valence-corrected chi connectivity index (χ2v) is 4.64. The van der Waals surface area contributed by atoms with Crippen molar-refractivity contribution >= 4 is 39.7 Å². The monoisotopic (exact) mass is 250 g/mol. The zero-order valence-corrected chi connectivity index (χ0v) is 9.68. The maximum absolute atomic E-state index is 6.01. The fourth-order valence-electron chi connectivity index (χ4n) is 1.51. The molecule has 0 radical (unpaired) electrons. The lowest BCUT2D eigenvalue weighted by Gasteiger charge is -1.90. The number of nitrogens with two attached hydrogens (primary N) is 1. The Balaban J connectivity index is 2.27. The summed E-state index contributed by atoms with van der Waals surface area (Å²) in [5, 5.41) is 2.47. The first kappa shape index (κ1) is 9.69. The summed E-state index contributed by atoms with van der Waals surface area (Å²) in [6.45, 7) is 0. The van der Waals surface area contributed by atoms with E-state index in [4.69, 9.17) is 21.8 Å². The molecule has 0 atom stereocenters. The molecule has 0 spiro atoms. The molecule has 0 aliphatic carbocycles. The van der Waals surface area contributed by atoms with Crippen molar-refractivity contribution in [1.29, 1.82) is 0 Å². The molecule has 2 N–H and O–H groups in total. The number of para-hydroxylation sites is 1. The van der Waals surface area contributed by atoms with Crippen molar-refractivity contribution in [1.82, 2.24) is 4.98 Å². The van der Waals surface area contributed by atoms with Crippen LogP contribution in [0.1, 0.15) is 0 Å². The average molecular weight is 251 g/mol. The molecule has 0 saturated heterocycles. The number of aromatic nitrogens is 1. The highest BCUT2D eigenvalue weighted by Gasteiger charge is 2.13. The van der Waals surface area contributed by atoms with Gasteiger partial charge in [-0.1, -0.05) is 17.7 Å². The molecule has 5 heteroatoms. The number of nitrogen functional groups attached to an aromatic ring is 1. The molecule has 3 nitrogen and oxygen atoms in total. The Labute approximate surface area is 100 Å². The standard InChI is InChI=1S/C11H7ClN2OS/c12-6-2-1-3-8-9(6)15-11(14-8)10-7(13)4-5-16-10/h1-5H,13H2. The van der Waals surface area contributed by atoms with E-state index >= 15 is 0 Å². The van der Waals surface area contributed by atoms with Gasteiger partial charge in [0.05, 0.1) is 10.7 Å². The van der Waals surface area contributed by atoms with Crippen LogP contribution in [0.25, 0.3) is 21.9 Å². The summed E-state index contributed by atoms with van der Waals surface area (Å²) in [5.41, 5.74) is 7.83. The third-order valence-corrected chi connectivity index (χ3v) is 3.47. The van der Waals surface area contributed by atoms with E-state index in [0.717, 1.165) is 10.4 Å². The quantitative estimate of drug-likeness (QED) is 0.715. The van der Waals surface area contributed by atoms with Crippen LogP contribution in [0.4, 0.5) is 5.69 Å². The minimum atomic E-state index is 0.524. The van der Waals surface area contributed by atoms with Gasteiger partial charge in [-0.25, -0.2) is 4.98 Å². The van der Waals surface area contributed by atoms with Crippen molar-refractivity contribution in [2.45, 2.75) is 0 Å². The summed E-state index contributed by atoms with van der Waals surface area (Å²) in [7, 11) is 0. The van der Waals surface area contributed by atoms with Gasteiger partial charge in [-0.3, -0.25) is 0 Å². The highest BCUT2D eigenvalue weighted by atomic mass is 35.5. The van der Waals surface area contributed by atoms with E-state index in [-0.39, 0.29) is 0 Å². The Morgan fingerprint density at radius 2 is 2.19 bits per heavy atom. The van der Waals surface area contributed by atoms with Crippen LogP contribution >= 0.6 is 22.9 Å². The van der Waals surface area contributed by atoms with E-state index in [1.807, 2.05) is 23.6 Å². The highest BCUT2D eigenvalue weighted by molar-refractivity contribution is 7.14. The Hall–Kier alpha value is -1.52. The van der Waals surface area contributed by atoms with Gasteiger partial charge in [-0.05, 0) is 23.6 Å². The number of anilines is 1. The number of oxazole rings is 1. The second kappa shape index (κ2) is 3.50. The van der Waals surface area contributed by atoms with E-state index in [2.05, 4.69) is 4.98 Å². The molecule has 0 unspecified atom stereocenters. The van der Waals surface area contributed by atoms with Gasteiger partial charge in [0.15, 0.2) is 5.58 Å². The number of halogens is 1. The van der Waals surface area contributed by atoms with Crippen LogP contribution < -0.4 is 5.73 Å². The second-order valence-electron chi connectivity index (χ2n) is 3.31. The molecule has 0 aliphatic heterocycles. The van der Waals surface area contributed by atoms with Crippen molar-refractivity contribution in [2.24, 2.45) is 0 Å². The molecule has 2 aromatic heterocycles. The van der Waals surface area contributed by atoms with Gasteiger partial charge < -0.3 is 10.2 Å². The highest BCUT2D eigenvalue weighted by Crippen LogP contribution is 2.34. The average Bonchev–Trinajstić information content (AvgIpc) is 2.84. The maximum atomic E-state index is 6.01. The van der Waals surface area contributed by atoms with Gasteiger partial charge in [0, 0.05) is 0 Å². The van der Waals surface area contributed by atoms with Gasteiger partial charge in [0.2, 0.25) is 5.89 Å². The molecule has 0 fully saturated rings. The molecule has 2 heterocycles. The molecule has 0 amide bonds. The fourth-order valence-corrected chi connectivity index (χ4v) is 2.46. The van der Waals surface area contributed by atoms with Crippen LogP contribution in [0.15, 0.2) is 34.1 Å². The first-order chi connectivity index (χ1) is 7.75. The Morgan fingerprint density at radius 1 is 1.31 bits per heavy atom. The minimum Gasteiger partial charge on any atom is -0.434 e. The van der Waals surface area contributed by atoms with E-state index in [1.54, 1.807) is 6.07 Å². The summed E-state index contributed by atoms with van der Waals surface area (Å²) in [6, 6.07) is 7.31. The third kappa shape index (κ3) is 1.38. The molecule has 80 valence electrons. The lowest BCUT2D eigenvalue weighted by molar-refractivity contribution is 0.622. The van der Waals surface area contributed by atoms with Gasteiger partial charge in [-0.2, -0.15) is 0 Å². The van der Waals surface area contributed by atoms with E-state index < -0.39 is 0 Å². The first-order valence-corrected chi connectivity index (χ1v) is 5.90. The molecule has 16 heavy (non-hydrogen) atoms. The summed E-state index contributed by atoms with van der Waals surface area (Å²) < 4.78 is 5.61. The molecular formula is C11H7ClN2OS. The number of hydrogen-bond donors (Lipinski definition) is 1. The van der Waals surface area contributed by atoms with Crippen molar-refractivity contribution in [3.63, 3.8) is 0 Å². The summed E-state index contributed by atoms with van der Waals surface area (Å²) in [6.07, 6.45) is 0. The van der Waals surface area contributed by atoms with Crippen LogP contribution in [0.2, 0.25) is 5.02 Å². The lowest BCUT2D eigenvalue weighted by atomic mass is 10.3. The lowest BCUT2D eigenvalue weighted by Crippen LogP contribution is -1.83. The Bertz CT molecular complexity index is 659. The summed E-state index contributed by atoms with van der Waals surface area (Å²) in [5.74, 6) is 0.524. The SMILES string of the molecule is Nc1ccsc1-c1nc2cccc(Cl)c2o1. The van der Waals surface area contributed by atoms with E-state index in [1.165, 1.54) is 11.3 Å². The predicted molar refractivity (Wildman–Crippen MR) is 66.7 cm³/mol. The van der Waals surface area contributed by atoms with Crippen molar-refractivity contribution in [3.8, 4) is 10.8 Å². The molecule has 0 saturated carbocycles. The smallest absolute Gasteiger partial charge is 0.239 e. The van der Waals surface area contributed by atoms with Crippen LogP contribution in [0, 0.1) is 0 Å². The van der Waals surface area contributed by atoms with Crippen LogP contribution in [0.3, 0.4) is 0 Å². The Kier molecular flexibility index (Phi) is 2.12. The fraction of sp³-hybridized carbons (Fsp3) is 0. The zero-order valence-electron chi connectivity index (χ0n) is 8.11. The molecule has 0 aliphatic rings. The van der Waals surface area contributed by atoms with Gasteiger partial charge in [0.25, 0.3) is 0 Å². The predicted octanol–water partition coefficient (Wildman–Crippen LogP) is 3.79. The normalized spacial score (nSPS) is 11.1. The number of fused-ring (bicyclic) bond motifs is 1. The van der Waals surface area contributed by atoms with Crippen LogP contribution in [-0.4, -0.2) is 4.98 Å². The van der Waals surface area contributed by atoms with Crippen molar-refractivity contribution in [3.05, 3.63) is 34.7 Å².